The van der Waals surface area contributed by atoms with Crippen LogP contribution in [0.5, 0.6) is 5.75 Å². The zero-order chi connectivity index (χ0) is 12.7. The molecule has 1 amide bonds. The van der Waals surface area contributed by atoms with Gasteiger partial charge in [0.15, 0.2) is 6.61 Å². The first-order chi connectivity index (χ1) is 8.11. The highest BCUT2D eigenvalue weighted by atomic mass is 16.5. The van der Waals surface area contributed by atoms with Gasteiger partial charge in [-0.05, 0) is 31.2 Å². The summed E-state index contributed by atoms with van der Waals surface area (Å²) in [5.74, 6) is 2.90. The molecule has 17 heavy (non-hydrogen) atoms. The van der Waals surface area contributed by atoms with Crippen molar-refractivity contribution in [2.75, 3.05) is 12.3 Å². The first-order valence-electron chi connectivity index (χ1n) is 5.33. The van der Waals surface area contributed by atoms with Gasteiger partial charge in [-0.25, -0.2) is 0 Å². The first kappa shape index (κ1) is 12.9. The molecule has 0 aliphatic carbocycles. The van der Waals surface area contributed by atoms with Gasteiger partial charge in [0.1, 0.15) is 5.75 Å². The van der Waals surface area contributed by atoms with E-state index in [4.69, 9.17) is 16.9 Å². The van der Waals surface area contributed by atoms with E-state index in [0.29, 0.717) is 17.9 Å². The van der Waals surface area contributed by atoms with Crippen molar-refractivity contribution >= 4 is 11.6 Å². The molecule has 0 heterocycles. The highest BCUT2D eigenvalue weighted by Gasteiger charge is 2.06. The monoisotopic (exact) mass is 232 g/mol. The molecule has 0 fully saturated rings. The van der Waals surface area contributed by atoms with Crippen LogP contribution in [-0.2, 0) is 4.79 Å². The van der Waals surface area contributed by atoms with Crippen LogP contribution in [0.2, 0.25) is 0 Å². The lowest BCUT2D eigenvalue weighted by Gasteiger charge is -2.11. The lowest BCUT2D eigenvalue weighted by Crippen LogP contribution is -2.35. The van der Waals surface area contributed by atoms with Gasteiger partial charge in [0.05, 0.1) is 0 Å². The van der Waals surface area contributed by atoms with Gasteiger partial charge in [0.25, 0.3) is 5.91 Å². The summed E-state index contributed by atoms with van der Waals surface area (Å²) in [5, 5.41) is 2.73. The van der Waals surface area contributed by atoms with Gasteiger partial charge in [0, 0.05) is 18.2 Å². The van der Waals surface area contributed by atoms with Gasteiger partial charge in [-0.15, -0.1) is 12.3 Å². The lowest BCUT2D eigenvalue weighted by molar-refractivity contribution is -0.123. The number of terminal acetylenes is 1. The van der Waals surface area contributed by atoms with E-state index < -0.39 is 0 Å². The topological polar surface area (TPSA) is 64.3 Å². The predicted molar refractivity (Wildman–Crippen MR) is 67.4 cm³/mol. The Morgan fingerprint density at radius 2 is 2.18 bits per heavy atom. The molecule has 0 saturated carbocycles. The van der Waals surface area contributed by atoms with E-state index in [9.17, 15) is 4.79 Å². The van der Waals surface area contributed by atoms with E-state index in [0.717, 1.165) is 0 Å². The fraction of sp³-hybridized carbons (Fsp3) is 0.308. The van der Waals surface area contributed by atoms with E-state index in [1.54, 1.807) is 24.3 Å². The van der Waals surface area contributed by atoms with E-state index in [1.165, 1.54) is 0 Å². The summed E-state index contributed by atoms with van der Waals surface area (Å²) in [6.07, 6.45) is 5.65. The third-order valence-electron chi connectivity index (χ3n) is 2.08. The van der Waals surface area contributed by atoms with Crippen LogP contribution in [0.1, 0.15) is 13.3 Å². The zero-order valence-electron chi connectivity index (χ0n) is 9.77. The number of nitrogens with one attached hydrogen (secondary N) is 1. The van der Waals surface area contributed by atoms with Gasteiger partial charge in [-0.1, -0.05) is 0 Å². The molecule has 3 N–H and O–H groups in total. The number of hydrogen-bond acceptors (Lipinski definition) is 3. The fourth-order valence-corrected chi connectivity index (χ4v) is 1.26. The number of nitrogens with two attached hydrogens (primary N) is 1. The fourth-order valence-electron chi connectivity index (χ4n) is 1.26. The molecule has 0 bridgehead atoms. The molecule has 1 aromatic rings. The molecule has 4 heteroatoms. The summed E-state index contributed by atoms with van der Waals surface area (Å²) in [5.41, 5.74) is 6.19. The van der Waals surface area contributed by atoms with Crippen LogP contribution < -0.4 is 15.8 Å². The third-order valence-corrected chi connectivity index (χ3v) is 2.08. The third kappa shape index (κ3) is 4.94. The minimum atomic E-state index is -0.190. The second kappa shape index (κ2) is 6.44. The maximum atomic E-state index is 11.4. The van der Waals surface area contributed by atoms with Gasteiger partial charge in [-0.2, -0.15) is 0 Å². The first-order valence-corrected chi connectivity index (χ1v) is 5.33. The Hall–Kier alpha value is -2.15. The van der Waals surface area contributed by atoms with Gasteiger partial charge < -0.3 is 15.8 Å². The Bertz CT molecular complexity index is 406. The second-order valence-electron chi connectivity index (χ2n) is 3.73. The summed E-state index contributed by atoms with van der Waals surface area (Å²) >= 11 is 0. The van der Waals surface area contributed by atoms with E-state index in [1.807, 2.05) is 6.92 Å². The Morgan fingerprint density at radius 1 is 1.53 bits per heavy atom. The molecule has 1 unspecified atom stereocenters. The smallest absolute Gasteiger partial charge is 0.258 e. The molecule has 4 nitrogen and oxygen atoms in total. The van der Waals surface area contributed by atoms with Crippen LogP contribution >= 0.6 is 0 Å². The molecule has 0 saturated heterocycles. The lowest BCUT2D eigenvalue weighted by atomic mass is 10.2. The van der Waals surface area contributed by atoms with Crippen molar-refractivity contribution < 1.29 is 9.53 Å². The largest absolute Gasteiger partial charge is 0.484 e. The molecule has 1 rings (SSSR count). The number of benzene rings is 1. The molecule has 1 aromatic carbocycles. The van der Waals surface area contributed by atoms with Crippen LogP contribution in [0.3, 0.4) is 0 Å². The average molecular weight is 232 g/mol. The molecule has 0 aromatic heterocycles. The number of ether oxygens (including phenoxy) is 1. The Labute approximate surface area is 101 Å². The number of anilines is 1. The second-order valence-corrected chi connectivity index (χ2v) is 3.73. The molecule has 0 spiro atoms. The average Bonchev–Trinajstić information content (AvgIpc) is 2.28. The van der Waals surface area contributed by atoms with Gasteiger partial charge >= 0.3 is 0 Å². The highest BCUT2D eigenvalue weighted by Crippen LogP contribution is 2.12. The molecular formula is C13H16N2O2. The molecule has 0 aliphatic rings. The predicted octanol–water partition coefficient (Wildman–Crippen LogP) is 1.18. The van der Waals surface area contributed by atoms with Gasteiger partial charge in [-0.3, -0.25) is 4.79 Å². The highest BCUT2D eigenvalue weighted by molar-refractivity contribution is 5.77. The molecule has 0 radical (unpaired) electrons. The number of hydrogen-bond donors (Lipinski definition) is 2. The van der Waals surface area contributed by atoms with Crippen LogP contribution in [0.4, 0.5) is 5.69 Å². The molecule has 90 valence electrons. The normalized spacial score (nSPS) is 11.3. The molecule has 0 aliphatic heterocycles. The van der Waals surface area contributed by atoms with Crippen molar-refractivity contribution in [3.05, 3.63) is 24.3 Å². The van der Waals surface area contributed by atoms with Crippen molar-refractivity contribution in [1.82, 2.24) is 5.32 Å². The number of nitrogen functional groups attached to an aromatic ring is 1. The van der Waals surface area contributed by atoms with Crippen molar-refractivity contribution in [2.24, 2.45) is 0 Å². The minimum absolute atomic E-state index is 0.0289. The molecular weight excluding hydrogens is 216 g/mol. The maximum absolute atomic E-state index is 11.4. The minimum Gasteiger partial charge on any atom is -0.484 e. The zero-order valence-corrected chi connectivity index (χ0v) is 9.77. The van der Waals surface area contributed by atoms with Gasteiger partial charge in [0.2, 0.25) is 0 Å². The summed E-state index contributed by atoms with van der Waals surface area (Å²) in [6.45, 7) is 1.82. The summed E-state index contributed by atoms with van der Waals surface area (Å²) in [6, 6.07) is 6.83. The van der Waals surface area contributed by atoms with Crippen LogP contribution in [0.15, 0.2) is 24.3 Å². The molecule has 1 atom stereocenters. The van der Waals surface area contributed by atoms with Crippen molar-refractivity contribution in [1.29, 1.82) is 0 Å². The van der Waals surface area contributed by atoms with Crippen LogP contribution in [-0.4, -0.2) is 18.6 Å². The van der Waals surface area contributed by atoms with Crippen LogP contribution in [0.25, 0.3) is 0 Å². The van der Waals surface area contributed by atoms with Crippen LogP contribution in [0, 0.1) is 12.3 Å². The summed E-state index contributed by atoms with van der Waals surface area (Å²) in [4.78, 5) is 11.4. The SMILES string of the molecule is C#CCC(C)NC(=O)COc1ccc(N)cc1. The van der Waals surface area contributed by atoms with E-state index >= 15 is 0 Å². The quantitative estimate of drug-likeness (QED) is 0.591. The Morgan fingerprint density at radius 3 is 2.76 bits per heavy atom. The van der Waals surface area contributed by atoms with Crippen molar-refractivity contribution in [2.45, 2.75) is 19.4 Å². The summed E-state index contributed by atoms with van der Waals surface area (Å²) in [7, 11) is 0. The van der Waals surface area contributed by atoms with E-state index in [2.05, 4.69) is 11.2 Å². The maximum Gasteiger partial charge on any atom is 0.258 e. The van der Waals surface area contributed by atoms with Crippen molar-refractivity contribution in [3.63, 3.8) is 0 Å². The van der Waals surface area contributed by atoms with Crippen molar-refractivity contribution in [3.8, 4) is 18.1 Å². The number of carbonyl (C=O) groups is 1. The Kier molecular flexibility index (Phi) is 4.89. The number of carbonyl (C=O) groups excluding carboxylic acids is 1. The number of rotatable bonds is 5. The standard InChI is InChI=1S/C13H16N2O2/c1-3-4-10(2)15-13(16)9-17-12-7-5-11(14)6-8-12/h1,5-8,10H,4,9,14H2,2H3,(H,15,16). The number of amides is 1. The Balaban J connectivity index is 2.33. The summed E-state index contributed by atoms with van der Waals surface area (Å²) < 4.78 is 5.28. The van der Waals surface area contributed by atoms with E-state index in [-0.39, 0.29) is 18.6 Å².